The zero-order valence-corrected chi connectivity index (χ0v) is 8.40. The van der Waals surface area contributed by atoms with Gasteiger partial charge in [0.25, 0.3) is 0 Å². The highest BCUT2D eigenvalue weighted by Crippen LogP contribution is 1.93. The summed E-state index contributed by atoms with van der Waals surface area (Å²) in [6.45, 7) is 1.56. The van der Waals surface area contributed by atoms with Crippen molar-refractivity contribution in [2.24, 2.45) is 0 Å². The molecule has 0 heterocycles. The van der Waals surface area contributed by atoms with Crippen molar-refractivity contribution in [3.63, 3.8) is 0 Å². The fraction of sp³-hybridized carbons (Fsp3) is 0.875. The van der Waals surface area contributed by atoms with E-state index in [1.165, 1.54) is 0 Å². The lowest BCUT2D eigenvalue weighted by Crippen LogP contribution is -2.25. The third kappa shape index (κ3) is 7.88. The van der Waals surface area contributed by atoms with Crippen LogP contribution in [0, 0.1) is 0 Å². The van der Waals surface area contributed by atoms with E-state index < -0.39 is 0 Å². The van der Waals surface area contributed by atoms with Crippen molar-refractivity contribution in [3.05, 3.63) is 0 Å². The number of ether oxygens (including phenoxy) is 1. The highest BCUT2D eigenvalue weighted by atomic mass is 32.1. The molecule has 1 N–H and O–H groups in total. The van der Waals surface area contributed by atoms with E-state index in [9.17, 15) is 4.79 Å². The maximum atomic E-state index is 10.7. The van der Waals surface area contributed by atoms with Crippen LogP contribution in [0.1, 0.15) is 19.3 Å². The fourth-order valence-electron chi connectivity index (χ4n) is 0.832. The number of thiol groups is 1. The minimum Gasteiger partial charge on any atom is -0.385 e. The van der Waals surface area contributed by atoms with Crippen LogP contribution in [-0.2, 0) is 9.53 Å². The molecule has 72 valence electrons. The SMILES string of the molecule is COCCCCCNC(=O)CS. The molecule has 12 heavy (non-hydrogen) atoms. The summed E-state index contributed by atoms with van der Waals surface area (Å²) in [5, 5.41) is 2.75. The third-order valence-corrected chi connectivity index (χ3v) is 1.78. The number of carbonyl (C=O) groups is 1. The number of carbonyl (C=O) groups excluding carboxylic acids is 1. The molecule has 0 bridgehead atoms. The Labute approximate surface area is 79.3 Å². The van der Waals surface area contributed by atoms with Gasteiger partial charge in [-0.25, -0.2) is 0 Å². The Morgan fingerprint density at radius 3 is 2.75 bits per heavy atom. The van der Waals surface area contributed by atoms with Crippen LogP contribution in [0.2, 0.25) is 0 Å². The van der Waals surface area contributed by atoms with E-state index in [2.05, 4.69) is 17.9 Å². The average Bonchev–Trinajstić information content (AvgIpc) is 2.10. The summed E-state index contributed by atoms with van der Waals surface area (Å²) in [6.07, 6.45) is 3.18. The van der Waals surface area contributed by atoms with E-state index in [1.54, 1.807) is 7.11 Å². The summed E-state index contributed by atoms with van der Waals surface area (Å²) in [5.41, 5.74) is 0. The van der Waals surface area contributed by atoms with E-state index >= 15 is 0 Å². The number of hydrogen-bond acceptors (Lipinski definition) is 3. The van der Waals surface area contributed by atoms with Crippen LogP contribution in [0.4, 0.5) is 0 Å². The highest BCUT2D eigenvalue weighted by molar-refractivity contribution is 7.81. The molecule has 0 spiro atoms. The number of rotatable bonds is 7. The van der Waals surface area contributed by atoms with E-state index in [-0.39, 0.29) is 11.7 Å². The summed E-state index contributed by atoms with van der Waals surface area (Å²) in [5.74, 6) is 0.281. The van der Waals surface area contributed by atoms with Gasteiger partial charge in [0.05, 0.1) is 5.75 Å². The Hall–Kier alpha value is -0.220. The summed E-state index contributed by atoms with van der Waals surface area (Å²) in [4.78, 5) is 10.7. The largest absolute Gasteiger partial charge is 0.385 e. The molecule has 0 aromatic carbocycles. The number of nitrogens with one attached hydrogen (secondary N) is 1. The van der Waals surface area contributed by atoms with Gasteiger partial charge in [0.15, 0.2) is 0 Å². The van der Waals surface area contributed by atoms with Gasteiger partial charge in [0.2, 0.25) is 5.91 Å². The smallest absolute Gasteiger partial charge is 0.229 e. The van der Waals surface area contributed by atoms with Crippen molar-refractivity contribution >= 4 is 18.5 Å². The first-order chi connectivity index (χ1) is 5.81. The molecule has 0 unspecified atom stereocenters. The molecule has 4 heteroatoms. The molecule has 0 rings (SSSR count). The van der Waals surface area contributed by atoms with E-state index in [1.807, 2.05) is 0 Å². The zero-order valence-electron chi connectivity index (χ0n) is 7.51. The van der Waals surface area contributed by atoms with Crippen LogP contribution >= 0.6 is 12.6 Å². The normalized spacial score (nSPS) is 9.83. The molecule has 0 aromatic heterocycles. The van der Waals surface area contributed by atoms with Crippen LogP contribution in [0.15, 0.2) is 0 Å². The third-order valence-electron chi connectivity index (χ3n) is 1.49. The van der Waals surface area contributed by atoms with Crippen molar-refractivity contribution in [1.29, 1.82) is 0 Å². The monoisotopic (exact) mass is 191 g/mol. The van der Waals surface area contributed by atoms with Crippen LogP contribution in [0.3, 0.4) is 0 Å². The van der Waals surface area contributed by atoms with Crippen LogP contribution in [0.25, 0.3) is 0 Å². The molecular weight excluding hydrogens is 174 g/mol. The van der Waals surface area contributed by atoms with Gasteiger partial charge >= 0.3 is 0 Å². The molecule has 0 fully saturated rings. The van der Waals surface area contributed by atoms with Crippen LogP contribution in [-0.4, -0.2) is 31.9 Å². The number of unbranched alkanes of at least 4 members (excludes halogenated alkanes) is 2. The number of amides is 1. The molecule has 0 atom stereocenters. The van der Waals surface area contributed by atoms with Gasteiger partial charge in [0.1, 0.15) is 0 Å². The fourth-order valence-corrected chi connectivity index (χ4v) is 0.944. The summed E-state index contributed by atoms with van der Waals surface area (Å²) in [7, 11) is 1.70. The highest BCUT2D eigenvalue weighted by Gasteiger charge is 1.94. The molecule has 0 aliphatic heterocycles. The predicted molar refractivity (Wildman–Crippen MR) is 52.6 cm³/mol. The average molecular weight is 191 g/mol. The van der Waals surface area contributed by atoms with E-state index in [0.717, 1.165) is 32.4 Å². The standard InChI is InChI=1S/C8H17NO2S/c1-11-6-4-2-3-5-9-8(10)7-12/h12H,2-7H2,1H3,(H,9,10). The van der Waals surface area contributed by atoms with Gasteiger partial charge in [-0.15, -0.1) is 0 Å². The number of hydrogen-bond donors (Lipinski definition) is 2. The first-order valence-corrected chi connectivity index (χ1v) is 4.81. The second-order valence-corrected chi connectivity index (χ2v) is 2.88. The van der Waals surface area contributed by atoms with Gasteiger partial charge in [-0.05, 0) is 19.3 Å². The van der Waals surface area contributed by atoms with Gasteiger partial charge < -0.3 is 10.1 Å². The molecule has 3 nitrogen and oxygen atoms in total. The van der Waals surface area contributed by atoms with Gasteiger partial charge in [-0.1, -0.05) is 0 Å². The summed E-state index contributed by atoms with van der Waals surface area (Å²) < 4.78 is 4.89. The van der Waals surface area contributed by atoms with E-state index in [4.69, 9.17) is 4.74 Å². The van der Waals surface area contributed by atoms with Crippen molar-refractivity contribution < 1.29 is 9.53 Å². The van der Waals surface area contributed by atoms with Gasteiger partial charge in [-0.2, -0.15) is 12.6 Å². The maximum Gasteiger partial charge on any atom is 0.229 e. The summed E-state index contributed by atoms with van der Waals surface area (Å²) in [6, 6.07) is 0. The van der Waals surface area contributed by atoms with Crippen molar-refractivity contribution in [2.75, 3.05) is 26.0 Å². The first kappa shape index (κ1) is 11.8. The molecule has 0 aromatic rings. The quantitative estimate of drug-likeness (QED) is 0.462. The Morgan fingerprint density at radius 2 is 2.17 bits per heavy atom. The Morgan fingerprint density at radius 1 is 1.42 bits per heavy atom. The second kappa shape index (κ2) is 8.87. The molecule has 0 aliphatic carbocycles. The molecule has 0 saturated heterocycles. The van der Waals surface area contributed by atoms with Gasteiger partial charge in [0, 0.05) is 20.3 Å². The molecule has 0 saturated carbocycles. The van der Waals surface area contributed by atoms with Crippen LogP contribution < -0.4 is 5.32 Å². The van der Waals surface area contributed by atoms with Crippen molar-refractivity contribution in [2.45, 2.75) is 19.3 Å². The Kier molecular flexibility index (Phi) is 8.71. The lowest BCUT2D eigenvalue weighted by molar-refractivity contribution is -0.118. The zero-order chi connectivity index (χ0) is 9.23. The predicted octanol–water partition coefficient (Wildman–Crippen LogP) is 0.849. The molecule has 0 aliphatic rings. The van der Waals surface area contributed by atoms with Crippen LogP contribution in [0.5, 0.6) is 0 Å². The lowest BCUT2D eigenvalue weighted by Gasteiger charge is -2.02. The van der Waals surface area contributed by atoms with Gasteiger partial charge in [-0.3, -0.25) is 4.79 Å². The minimum absolute atomic E-state index is 0.00470. The van der Waals surface area contributed by atoms with E-state index in [0.29, 0.717) is 0 Å². The topological polar surface area (TPSA) is 38.3 Å². The minimum atomic E-state index is 0.00470. The molecule has 0 radical (unpaired) electrons. The van der Waals surface area contributed by atoms with Crippen molar-refractivity contribution in [1.82, 2.24) is 5.32 Å². The summed E-state index contributed by atoms with van der Waals surface area (Å²) >= 11 is 3.84. The Bertz CT molecular complexity index is 120. The number of methoxy groups -OCH3 is 1. The maximum absolute atomic E-state index is 10.7. The van der Waals surface area contributed by atoms with Crippen molar-refractivity contribution in [3.8, 4) is 0 Å². The molecular formula is C8H17NO2S. The Balaban J connectivity index is 2.95. The molecule has 1 amide bonds. The second-order valence-electron chi connectivity index (χ2n) is 2.56. The first-order valence-electron chi connectivity index (χ1n) is 4.17. The lowest BCUT2D eigenvalue weighted by atomic mass is 10.2.